The fraction of sp³-hybridized carbons (Fsp3) is 0.200. The average molecular weight is 271 g/mol. The molecule has 9 heavy (non-hydrogen) atoms. The van der Waals surface area contributed by atoms with Crippen LogP contribution in [0.1, 0.15) is 4.88 Å². The van der Waals surface area contributed by atoms with Crippen molar-refractivity contribution < 1.29 is 0 Å². The summed E-state index contributed by atoms with van der Waals surface area (Å²) in [5.74, 6) is 0. The van der Waals surface area contributed by atoms with E-state index in [1.807, 2.05) is 5.51 Å². The summed E-state index contributed by atoms with van der Waals surface area (Å²) in [6.45, 7) is 2.10. The molecule has 4 heteroatoms. The molecule has 1 nitrogen and oxygen atoms in total. The summed E-state index contributed by atoms with van der Waals surface area (Å²) >= 11 is 1.75. The van der Waals surface area contributed by atoms with Gasteiger partial charge in [-0.05, 0) is 15.9 Å². The first-order valence-electron chi connectivity index (χ1n) is 2.30. The third-order valence-corrected chi connectivity index (χ3v) is 4.57. The van der Waals surface area contributed by atoms with Crippen LogP contribution in [-0.2, 0) is 0 Å². The Hall–Kier alpha value is 0.580. The van der Waals surface area contributed by atoms with Gasteiger partial charge in [-0.3, -0.25) is 0 Å². The third kappa shape index (κ3) is 2.01. The van der Waals surface area contributed by atoms with Gasteiger partial charge in [0.2, 0.25) is 0 Å². The molecule has 1 heterocycles. The topological polar surface area (TPSA) is 12.9 Å². The maximum Gasteiger partial charge on any atom is 0.120 e. The lowest BCUT2D eigenvalue weighted by atomic mass is 10.6. The predicted molar refractivity (Wildman–Crippen MR) is 53.8 cm³/mol. The Balaban J connectivity index is 2.80. The van der Waals surface area contributed by atoms with Crippen molar-refractivity contribution in [2.45, 2.75) is 11.9 Å². The number of aromatic nitrogens is 1. The summed E-state index contributed by atoms with van der Waals surface area (Å²) in [5, 5.41) is 1.18. The molecule has 0 N–H and O–H groups in total. The number of hydrogen-bond donors (Lipinski definition) is 0. The highest BCUT2D eigenvalue weighted by atomic mass is 127. The van der Waals surface area contributed by atoms with Crippen LogP contribution in [-0.4, -0.2) is 9.50 Å². The van der Waals surface area contributed by atoms with E-state index in [1.54, 1.807) is 20.3 Å². The van der Waals surface area contributed by atoms with Crippen molar-refractivity contribution in [2.24, 2.45) is 0 Å². The molecule has 1 aromatic heterocycles. The first-order chi connectivity index (χ1) is 4.34. The number of hydrogen-bond acceptors (Lipinski definition) is 3. The van der Waals surface area contributed by atoms with Gasteiger partial charge in [0.15, 0.2) is 0 Å². The Morgan fingerprint density at radius 3 is 3.11 bits per heavy atom. The van der Waals surface area contributed by atoms with Gasteiger partial charge in [0.1, 0.15) is 5.03 Å². The summed E-state index contributed by atoms with van der Waals surface area (Å²) in [5.41, 5.74) is 1.89. The Kier molecular flexibility index (Phi) is 3.14. The molecule has 0 aromatic carbocycles. The second-order valence-electron chi connectivity index (χ2n) is 1.40. The lowest BCUT2D eigenvalue weighted by molar-refractivity contribution is 1.17. The minimum Gasteiger partial charge on any atom is -0.237 e. The fourth-order valence-electron chi connectivity index (χ4n) is 0.421. The van der Waals surface area contributed by atoms with Gasteiger partial charge in [0.25, 0.3) is 0 Å². The number of nitrogens with zero attached hydrogens (tertiary/aromatic N) is 1. The minimum atomic E-state index is 0.0490. The van der Waals surface area contributed by atoms with E-state index in [1.165, 1.54) is 9.90 Å². The maximum absolute atomic E-state index is 4.17. The molecule has 1 aromatic rings. The summed E-state index contributed by atoms with van der Waals surface area (Å²) < 4.78 is 3.84. The molecule has 0 aliphatic rings. The zero-order valence-corrected chi connectivity index (χ0v) is 8.72. The molecule has 0 radical (unpaired) electrons. The molecular weight excluding hydrogens is 265 g/mol. The van der Waals surface area contributed by atoms with Crippen molar-refractivity contribution in [3.05, 3.63) is 10.4 Å². The standard InChI is InChI=1S/C5H6INS2/c1-4-5(9-6-2)7-3-8-4/h3H,2H2,1H3. The summed E-state index contributed by atoms with van der Waals surface area (Å²) in [6, 6.07) is 0. The summed E-state index contributed by atoms with van der Waals surface area (Å²) in [6.07, 6.45) is 0. The van der Waals surface area contributed by atoms with E-state index in [2.05, 4.69) is 16.4 Å². The molecule has 0 fully saturated rings. The SMILES string of the molecule is C=ISc1ncsc1C. The first kappa shape index (κ1) is 7.68. The van der Waals surface area contributed by atoms with E-state index in [9.17, 15) is 0 Å². The van der Waals surface area contributed by atoms with Crippen LogP contribution in [0.15, 0.2) is 10.5 Å². The Labute approximate surface area is 71.1 Å². The molecule has 0 aliphatic carbocycles. The van der Waals surface area contributed by atoms with E-state index >= 15 is 0 Å². The largest absolute Gasteiger partial charge is 0.237 e. The monoisotopic (exact) mass is 271 g/mol. The molecule has 0 atom stereocenters. The Morgan fingerprint density at radius 2 is 2.67 bits per heavy atom. The highest BCUT2D eigenvalue weighted by Crippen LogP contribution is 2.31. The molecule has 0 saturated heterocycles. The second kappa shape index (κ2) is 3.68. The van der Waals surface area contributed by atoms with Gasteiger partial charge in [-0.1, -0.05) is 23.9 Å². The van der Waals surface area contributed by atoms with Crippen LogP contribution in [0.4, 0.5) is 0 Å². The third-order valence-electron chi connectivity index (χ3n) is 0.828. The predicted octanol–water partition coefficient (Wildman–Crippen LogP) is 2.86. The van der Waals surface area contributed by atoms with Crippen molar-refractivity contribution in [3.63, 3.8) is 0 Å². The number of thiazole rings is 1. The molecule has 0 aliphatic heterocycles. The van der Waals surface area contributed by atoms with E-state index in [-0.39, 0.29) is 19.3 Å². The Bertz CT molecular complexity index is 208. The van der Waals surface area contributed by atoms with E-state index in [0.717, 1.165) is 0 Å². The van der Waals surface area contributed by atoms with Crippen LogP contribution in [0.2, 0.25) is 0 Å². The highest BCUT2D eigenvalue weighted by molar-refractivity contribution is 14.2. The molecule has 50 valence electrons. The minimum absolute atomic E-state index is 0.0490. The number of aryl methyl sites for hydroxylation is 1. The van der Waals surface area contributed by atoms with Crippen molar-refractivity contribution in [2.75, 3.05) is 0 Å². The second-order valence-corrected chi connectivity index (χ2v) is 6.41. The average Bonchev–Trinajstić information content (AvgIpc) is 2.18. The lowest BCUT2D eigenvalue weighted by Crippen LogP contribution is -1.65. The summed E-state index contributed by atoms with van der Waals surface area (Å²) in [7, 11) is 1.81. The van der Waals surface area contributed by atoms with Crippen LogP contribution in [0, 0.1) is 6.92 Å². The zero-order chi connectivity index (χ0) is 6.69. The first-order valence-corrected chi connectivity index (χ1v) is 8.06. The normalized spacial score (nSPS) is 9.89. The molecule has 1 rings (SSSR count). The molecule has 0 bridgehead atoms. The van der Waals surface area contributed by atoms with Crippen LogP contribution < -0.4 is 0 Å². The van der Waals surface area contributed by atoms with Gasteiger partial charge in [0, 0.05) is 4.88 Å². The van der Waals surface area contributed by atoms with E-state index in [0.29, 0.717) is 0 Å². The van der Waals surface area contributed by atoms with Gasteiger partial charge < -0.3 is 0 Å². The van der Waals surface area contributed by atoms with E-state index in [4.69, 9.17) is 0 Å². The van der Waals surface area contributed by atoms with Gasteiger partial charge in [-0.25, -0.2) is 4.98 Å². The van der Waals surface area contributed by atoms with Crippen molar-refractivity contribution in [1.29, 1.82) is 0 Å². The van der Waals surface area contributed by atoms with Crippen LogP contribution in [0.5, 0.6) is 0 Å². The smallest absolute Gasteiger partial charge is 0.120 e. The molecule has 0 spiro atoms. The van der Waals surface area contributed by atoms with Crippen LogP contribution >= 0.6 is 39.6 Å². The van der Waals surface area contributed by atoms with Crippen molar-refractivity contribution in [3.8, 4) is 0 Å². The highest BCUT2D eigenvalue weighted by Gasteiger charge is 1.97. The van der Waals surface area contributed by atoms with Crippen LogP contribution in [0.3, 0.4) is 0 Å². The van der Waals surface area contributed by atoms with Gasteiger partial charge >= 0.3 is 0 Å². The molecular formula is C5H6INS2. The number of rotatable bonds is 2. The molecule has 0 amide bonds. The van der Waals surface area contributed by atoms with Gasteiger partial charge in [-0.15, -0.1) is 11.3 Å². The quantitative estimate of drug-likeness (QED) is 0.767. The lowest BCUT2D eigenvalue weighted by Gasteiger charge is -1.85. The van der Waals surface area contributed by atoms with Crippen LogP contribution in [0.25, 0.3) is 0 Å². The van der Waals surface area contributed by atoms with Crippen molar-refractivity contribution in [1.82, 2.24) is 4.98 Å². The van der Waals surface area contributed by atoms with E-state index < -0.39 is 0 Å². The fourth-order valence-corrected chi connectivity index (χ4v) is 4.20. The zero-order valence-electron chi connectivity index (χ0n) is 4.93. The maximum atomic E-state index is 4.17. The Morgan fingerprint density at radius 1 is 1.89 bits per heavy atom. The molecule has 0 unspecified atom stereocenters. The van der Waals surface area contributed by atoms with Gasteiger partial charge in [0.05, 0.1) is 5.51 Å². The summed E-state index contributed by atoms with van der Waals surface area (Å²) in [4.78, 5) is 5.50. The van der Waals surface area contributed by atoms with Gasteiger partial charge in [-0.2, -0.15) is 0 Å². The van der Waals surface area contributed by atoms with Crippen molar-refractivity contribution >= 4 is 44.1 Å². The number of halogens is 1. The molecule has 0 saturated carbocycles.